The van der Waals surface area contributed by atoms with Crippen molar-refractivity contribution in [1.29, 1.82) is 0 Å². The summed E-state index contributed by atoms with van der Waals surface area (Å²) in [6, 6.07) is 23.4. The highest BCUT2D eigenvalue weighted by Gasteiger charge is 2.21. The Labute approximate surface area is 180 Å². The molecule has 28 heavy (non-hydrogen) atoms. The Morgan fingerprint density at radius 1 is 0.821 bits per heavy atom. The van der Waals surface area contributed by atoms with E-state index in [9.17, 15) is 4.79 Å². The topological polar surface area (TPSA) is 34.9 Å². The third kappa shape index (κ3) is 3.73. The molecule has 1 heterocycles. The minimum atomic E-state index is -0.0521. The molecule has 1 aromatic heterocycles. The SMILES string of the molecule is Cc1ccc(-n2ncc(C(=O)c3ccc(Br)cc3)c2-c2ccc(Br)cc2)cc1. The van der Waals surface area contributed by atoms with E-state index in [1.165, 1.54) is 5.56 Å². The normalized spacial score (nSPS) is 10.8. The van der Waals surface area contributed by atoms with Crippen LogP contribution in [-0.2, 0) is 0 Å². The molecule has 0 amide bonds. The molecule has 5 heteroatoms. The van der Waals surface area contributed by atoms with Crippen molar-refractivity contribution in [3.05, 3.63) is 105 Å². The van der Waals surface area contributed by atoms with Gasteiger partial charge in [0.25, 0.3) is 0 Å². The summed E-state index contributed by atoms with van der Waals surface area (Å²) in [6.45, 7) is 2.05. The molecular formula is C23H16Br2N2O. The summed E-state index contributed by atoms with van der Waals surface area (Å²) in [6.07, 6.45) is 1.65. The van der Waals surface area contributed by atoms with Crippen molar-refractivity contribution in [2.75, 3.05) is 0 Å². The molecule has 3 nitrogen and oxygen atoms in total. The van der Waals surface area contributed by atoms with Crippen LogP contribution < -0.4 is 0 Å². The summed E-state index contributed by atoms with van der Waals surface area (Å²) in [5.41, 5.74) is 5.01. The summed E-state index contributed by atoms with van der Waals surface area (Å²) in [5.74, 6) is -0.0521. The maximum absolute atomic E-state index is 13.2. The van der Waals surface area contributed by atoms with Crippen molar-refractivity contribution in [2.24, 2.45) is 0 Å². The lowest BCUT2D eigenvalue weighted by atomic mass is 10.00. The van der Waals surface area contributed by atoms with E-state index in [0.717, 1.165) is 25.9 Å². The Kier molecular flexibility index (Phi) is 5.29. The monoisotopic (exact) mass is 494 g/mol. The molecule has 0 fully saturated rings. The number of carbonyl (C=O) groups is 1. The van der Waals surface area contributed by atoms with Crippen LogP contribution >= 0.6 is 31.9 Å². The number of rotatable bonds is 4. The van der Waals surface area contributed by atoms with Gasteiger partial charge in [0.15, 0.2) is 5.78 Å². The van der Waals surface area contributed by atoms with Crippen LogP contribution in [0.3, 0.4) is 0 Å². The van der Waals surface area contributed by atoms with Crippen molar-refractivity contribution < 1.29 is 4.79 Å². The summed E-state index contributed by atoms with van der Waals surface area (Å²) < 4.78 is 3.75. The molecule has 0 aliphatic carbocycles. The zero-order valence-corrected chi connectivity index (χ0v) is 18.2. The summed E-state index contributed by atoms with van der Waals surface area (Å²) in [5, 5.41) is 4.55. The molecule has 0 atom stereocenters. The maximum Gasteiger partial charge on any atom is 0.196 e. The standard InChI is InChI=1S/C23H16Br2N2O/c1-15-2-12-20(13-3-15)27-22(16-4-8-18(24)9-5-16)21(14-26-27)23(28)17-6-10-19(25)11-7-17/h2-14H,1H3. The van der Waals surface area contributed by atoms with E-state index in [1.54, 1.807) is 6.20 Å². The summed E-state index contributed by atoms with van der Waals surface area (Å²) in [4.78, 5) is 13.2. The predicted molar refractivity (Wildman–Crippen MR) is 119 cm³/mol. The number of ketones is 1. The number of nitrogens with zero attached hydrogens (tertiary/aromatic N) is 2. The lowest BCUT2D eigenvalue weighted by Crippen LogP contribution is -2.05. The first-order valence-electron chi connectivity index (χ1n) is 8.74. The fourth-order valence-corrected chi connectivity index (χ4v) is 3.57. The maximum atomic E-state index is 13.2. The second-order valence-corrected chi connectivity index (χ2v) is 8.33. The first kappa shape index (κ1) is 18.8. The molecule has 0 saturated heterocycles. The molecule has 4 aromatic rings. The number of benzene rings is 3. The van der Waals surface area contributed by atoms with Gasteiger partial charge in [-0.15, -0.1) is 0 Å². The van der Waals surface area contributed by atoms with Crippen molar-refractivity contribution >= 4 is 37.6 Å². The van der Waals surface area contributed by atoms with Crippen LogP contribution in [0.1, 0.15) is 21.5 Å². The van der Waals surface area contributed by atoms with Crippen LogP contribution in [0, 0.1) is 6.92 Å². The molecule has 0 spiro atoms. The molecule has 0 unspecified atom stereocenters. The second kappa shape index (κ2) is 7.86. The summed E-state index contributed by atoms with van der Waals surface area (Å²) >= 11 is 6.89. The third-order valence-corrected chi connectivity index (χ3v) is 5.57. The first-order valence-corrected chi connectivity index (χ1v) is 10.3. The number of carbonyl (C=O) groups excluding carboxylic acids is 1. The molecular weight excluding hydrogens is 480 g/mol. The quantitative estimate of drug-likeness (QED) is 0.299. The molecule has 0 saturated carbocycles. The van der Waals surface area contributed by atoms with E-state index in [2.05, 4.69) is 37.0 Å². The highest BCUT2D eigenvalue weighted by molar-refractivity contribution is 9.10. The Hall–Kier alpha value is -2.50. The van der Waals surface area contributed by atoms with Crippen LogP contribution in [0.5, 0.6) is 0 Å². The number of halogens is 2. The van der Waals surface area contributed by atoms with Crippen LogP contribution in [0.4, 0.5) is 0 Å². The van der Waals surface area contributed by atoms with Gasteiger partial charge in [-0.05, 0) is 55.5 Å². The zero-order chi connectivity index (χ0) is 19.7. The Morgan fingerprint density at radius 3 is 2.00 bits per heavy atom. The van der Waals surface area contributed by atoms with E-state index in [1.807, 2.05) is 84.4 Å². The average molecular weight is 496 g/mol. The first-order chi connectivity index (χ1) is 13.5. The number of hydrogen-bond acceptors (Lipinski definition) is 2. The van der Waals surface area contributed by atoms with E-state index < -0.39 is 0 Å². The minimum Gasteiger partial charge on any atom is -0.288 e. The van der Waals surface area contributed by atoms with Gasteiger partial charge in [-0.1, -0.05) is 61.7 Å². The van der Waals surface area contributed by atoms with E-state index in [0.29, 0.717) is 11.1 Å². The minimum absolute atomic E-state index is 0.0521. The van der Waals surface area contributed by atoms with Gasteiger partial charge in [-0.3, -0.25) is 4.79 Å². The molecule has 0 aliphatic rings. The fourth-order valence-electron chi connectivity index (χ4n) is 3.04. The Bertz CT molecular complexity index is 1130. The molecule has 0 radical (unpaired) electrons. The van der Waals surface area contributed by atoms with E-state index >= 15 is 0 Å². The van der Waals surface area contributed by atoms with Crippen LogP contribution in [-0.4, -0.2) is 15.6 Å². The molecule has 0 N–H and O–H groups in total. The smallest absolute Gasteiger partial charge is 0.196 e. The lowest BCUT2D eigenvalue weighted by Gasteiger charge is -2.11. The highest BCUT2D eigenvalue weighted by Crippen LogP contribution is 2.30. The van der Waals surface area contributed by atoms with Crippen LogP contribution in [0.15, 0.2) is 87.9 Å². The van der Waals surface area contributed by atoms with Crippen molar-refractivity contribution in [2.45, 2.75) is 6.92 Å². The van der Waals surface area contributed by atoms with Gasteiger partial charge in [0, 0.05) is 20.1 Å². The molecule has 138 valence electrons. The van der Waals surface area contributed by atoms with Crippen molar-refractivity contribution in [1.82, 2.24) is 9.78 Å². The molecule has 0 aliphatic heterocycles. The lowest BCUT2D eigenvalue weighted by molar-refractivity contribution is 0.103. The van der Waals surface area contributed by atoms with E-state index in [4.69, 9.17) is 0 Å². The van der Waals surface area contributed by atoms with Gasteiger partial charge < -0.3 is 0 Å². The largest absolute Gasteiger partial charge is 0.288 e. The Morgan fingerprint density at radius 2 is 1.39 bits per heavy atom. The predicted octanol–water partition coefficient (Wildman–Crippen LogP) is 6.60. The van der Waals surface area contributed by atoms with Gasteiger partial charge in [0.2, 0.25) is 0 Å². The van der Waals surface area contributed by atoms with E-state index in [-0.39, 0.29) is 5.78 Å². The Balaban J connectivity index is 1.89. The van der Waals surface area contributed by atoms with Crippen molar-refractivity contribution in [3.8, 4) is 16.9 Å². The second-order valence-electron chi connectivity index (χ2n) is 6.50. The van der Waals surface area contributed by atoms with Gasteiger partial charge in [0.05, 0.1) is 23.1 Å². The molecule has 3 aromatic carbocycles. The van der Waals surface area contributed by atoms with Gasteiger partial charge in [0.1, 0.15) is 0 Å². The molecule has 0 bridgehead atoms. The van der Waals surface area contributed by atoms with Crippen molar-refractivity contribution in [3.63, 3.8) is 0 Å². The third-order valence-electron chi connectivity index (χ3n) is 4.52. The zero-order valence-electron chi connectivity index (χ0n) is 15.1. The summed E-state index contributed by atoms with van der Waals surface area (Å²) in [7, 11) is 0. The average Bonchev–Trinajstić information content (AvgIpc) is 3.14. The van der Waals surface area contributed by atoms with Crippen LogP contribution in [0.2, 0.25) is 0 Å². The van der Waals surface area contributed by atoms with Gasteiger partial charge in [-0.2, -0.15) is 5.10 Å². The fraction of sp³-hybridized carbons (Fsp3) is 0.0435. The van der Waals surface area contributed by atoms with Gasteiger partial charge >= 0.3 is 0 Å². The number of aryl methyl sites for hydroxylation is 1. The highest BCUT2D eigenvalue weighted by atomic mass is 79.9. The number of hydrogen-bond donors (Lipinski definition) is 0. The van der Waals surface area contributed by atoms with Gasteiger partial charge in [-0.25, -0.2) is 4.68 Å². The van der Waals surface area contributed by atoms with Crippen LogP contribution in [0.25, 0.3) is 16.9 Å². The molecule has 4 rings (SSSR count). The number of aromatic nitrogens is 2.